The molecule has 1 nitrogen and oxygen atoms in total. The van der Waals surface area contributed by atoms with E-state index in [0.29, 0.717) is 10.9 Å². The van der Waals surface area contributed by atoms with Gasteiger partial charge in [-0.3, -0.25) is 4.40 Å². The van der Waals surface area contributed by atoms with Crippen molar-refractivity contribution >= 4 is 16.3 Å². The minimum Gasteiger partial charge on any atom is -0.290 e. The van der Waals surface area contributed by atoms with Gasteiger partial charge in [-0.15, -0.1) is 0 Å². The third-order valence-electron chi connectivity index (χ3n) is 2.34. The van der Waals surface area contributed by atoms with Crippen molar-refractivity contribution < 1.29 is 8.78 Å². The summed E-state index contributed by atoms with van der Waals surface area (Å²) in [6.07, 6.45) is 1.54. The SMILES string of the molecule is Fc1c(F)n2ccc3cccc1c32. The highest BCUT2D eigenvalue weighted by atomic mass is 19.2. The van der Waals surface area contributed by atoms with Crippen molar-refractivity contribution in [3.8, 4) is 0 Å². The van der Waals surface area contributed by atoms with Crippen LogP contribution in [0.1, 0.15) is 0 Å². The van der Waals surface area contributed by atoms with Crippen LogP contribution in [0.3, 0.4) is 0 Å². The Labute approximate surface area is 72.5 Å². The van der Waals surface area contributed by atoms with E-state index in [1.807, 2.05) is 6.07 Å². The van der Waals surface area contributed by atoms with Gasteiger partial charge >= 0.3 is 0 Å². The first-order valence-electron chi connectivity index (χ1n) is 3.95. The molecule has 13 heavy (non-hydrogen) atoms. The zero-order valence-corrected chi connectivity index (χ0v) is 6.59. The Morgan fingerprint density at radius 2 is 1.92 bits per heavy atom. The molecule has 0 aliphatic carbocycles. The summed E-state index contributed by atoms with van der Waals surface area (Å²) in [7, 11) is 0. The van der Waals surface area contributed by atoms with Gasteiger partial charge < -0.3 is 0 Å². The van der Waals surface area contributed by atoms with Gasteiger partial charge in [-0.1, -0.05) is 12.1 Å². The lowest BCUT2D eigenvalue weighted by atomic mass is 10.2. The van der Waals surface area contributed by atoms with E-state index < -0.39 is 11.8 Å². The first-order valence-corrected chi connectivity index (χ1v) is 3.95. The average Bonchev–Trinajstić information content (AvgIpc) is 2.67. The highest BCUT2D eigenvalue weighted by Crippen LogP contribution is 2.28. The third kappa shape index (κ3) is 0.651. The maximum atomic E-state index is 13.2. The summed E-state index contributed by atoms with van der Waals surface area (Å²) in [5.41, 5.74) is 0.623. The molecule has 0 aliphatic heterocycles. The number of para-hydroxylation sites is 1. The van der Waals surface area contributed by atoms with Crippen molar-refractivity contribution in [2.45, 2.75) is 0 Å². The van der Waals surface area contributed by atoms with Crippen LogP contribution in [0.25, 0.3) is 16.3 Å². The second-order valence-electron chi connectivity index (χ2n) is 3.03. The van der Waals surface area contributed by atoms with E-state index in [1.54, 1.807) is 18.2 Å². The van der Waals surface area contributed by atoms with Gasteiger partial charge in [0.15, 0.2) is 5.82 Å². The Morgan fingerprint density at radius 1 is 1.08 bits per heavy atom. The summed E-state index contributed by atoms with van der Waals surface area (Å²) in [5.74, 6) is -1.57. The molecule has 0 fully saturated rings. The molecule has 0 radical (unpaired) electrons. The summed E-state index contributed by atoms with van der Waals surface area (Å²) in [6.45, 7) is 0. The molecular formula is C10H5F2N. The predicted molar refractivity (Wildman–Crippen MR) is 46.0 cm³/mol. The topological polar surface area (TPSA) is 4.41 Å². The minimum atomic E-state index is -0.809. The molecule has 3 rings (SSSR count). The van der Waals surface area contributed by atoms with E-state index in [4.69, 9.17) is 0 Å². The summed E-state index contributed by atoms with van der Waals surface area (Å²) < 4.78 is 27.6. The molecule has 3 heteroatoms. The molecule has 0 bridgehead atoms. The molecule has 0 spiro atoms. The van der Waals surface area contributed by atoms with Gasteiger partial charge in [0, 0.05) is 17.0 Å². The van der Waals surface area contributed by atoms with E-state index in [9.17, 15) is 8.78 Å². The summed E-state index contributed by atoms with van der Waals surface area (Å²) in [6, 6.07) is 6.91. The number of rotatable bonds is 0. The molecule has 1 aromatic carbocycles. The maximum Gasteiger partial charge on any atom is 0.235 e. The molecule has 0 aliphatic rings. The first-order chi connectivity index (χ1) is 6.29. The molecule has 0 N–H and O–H groups in total. The highest BCUT2D eigenvalue weighted by Gasteiger charge is 2.16. The number of benzene rings is 1. The predicted octanol–water partition coefficient (Wildman–Crippen LogP) is 2.81. The fraction of sp³-hybridized carbons (Fsp3) is 0. The largest absolute Gasteiger partial charge is 0.290 e. The Bertz CT molecular complexity index is 579. The smallest absolute Gasteiger partial charge is 0.235 e. The highest BCUT2D eigenvalue weighted by molar-refractivity contribution is 5.97. The van der Waals surface area contributed by atoms with E-state index in [-0.39, 0.29) is 0 Å². The van der Waals surface area contributed by atoms with E-state index in [0.717, 1.165) is 5.39 Å². The van der Waals surface area contributed by atoms with Crippen molar-refractivity contribution in [1.29, 1.82) is 0 Å². The van der Waals surface area contributed by atoms with Crippen LogP contribution in [-0.2, 0) is 0 Å². The molecule has 0 unspecified atom stereocenters. The van der Waals surface area contributed by atoms with Crippen LogP contribution in [0, 0.1) is 11.8 Å². The standard InChI is InChI=1S/C10H5F2N/c11-8-7-3-1-2-6-4-5-13(9(6)7)10(8)12/h1-5H. The molecule has 0 atom stereocenters. The molecular weight excluding hydrogens is 172 g/mol. The van der Waals surface area contributed by atoms with Crippen molar-refractivity contribution in [2.24, 2.45) is 0 Å². The second-order valence-corrected chi connectivity index (χ2v) is 3.03. The molecule has 64 valence electrons. The van der Waals surface area contributed by atoms with Crippen molar-refractivity contribution in [3.63, 3.8) is 0 Å². The zero-order chi connectivity index (χ0) is 9.00. The van der Waals surface area contributed by atoms with Crippen LogP contribution in [0.5, 0.6) is 0 Å². The number of nitrogens with zero attached hydrogens (tertiary/aromatic N) is 1. The average molecular weight is 177 g/mol. The fourth-order valence-corrected chi connectivity index (χ4v) is 1.75. The minimum absolute atomic E-state index is 0.347. The van der Waals surface area contributed by atoms with Crippen molar-refractivity contribution in [2.75, 3.05) is 0 Å². The first kappa shape index (κ1) is 6.83. The van der Waals surface area contributed by atoms with Crippen LogP contribution in [0.2, 0.25) is 0 Å². The second kappa shape index (κ2) is 1.99. The quantitative estimate of drug-likeness (QED) is 0.497. The fourth-order valence-electron chi connectivity index (χ4n) is 1.75. The Balaban J connectivity index is 2.77. The number of hydrogen-bond acceptors (Lipinski definition) is 0. The van der Waals surface area contributed by atoms with Gasteiger partial charge in [0.1, 0.15) is 0 Å². The molecule has 0 saturated carbocycles. The van der Waals surface area contributed by atoms with Crippen LogP contribution < -0.4 is 0 Å². The van der Waals surface area contributed by atoms with E-state index in [1.165, 1.54) is 10.6 Å². The third-order valence-corrected chi connectivity index (χ3v) is 2.34. The molecule has 3 aromatic rings. The number of hydrogen-bond donors (Lipinski definition) is 0. The van der Waals surface area contributed by atoms with Crippen LogP contribution >= 0.6 is 0 Å². The summed E-state index contributed by atoms with van der Waals surface area (Å²) in [4.78, 5) is 0. The summed E-state index contributed by atoms with van der Waals surface area (Å²) in [5, 5.41) is 1.21. The zero-order valence-electron chi connectivity index (χ0n) is 6.59. The van der Waals surface area contributed by atoms with Gasteiger partial charge in [0.2, 0.25) is 5.95 Å². The van der Waals surface area contributed by atoms with Crippen molar-refractivity contribution in [3.05, 3.63) is 42.2 Å². The van der Waals surface area contributed by atoms with Gasteiger partial charge in [0.25, 0.3) is 0 Å². The normalized spacial score (nSPS) is 11.8. The number of halogens is 2. The molecule has 0 amide bonds. The van der Waals surface area contributed by atoms with Crippen molar-refractivity contribution in [1.82, 2.24) is 4.40 Å². The van der Waals surface area contributed by atoms with Crippen LogP contribution in [-0.4, -0.2) is 4.40 Å². The van der Waals surface area contributed by atoms with Crippen LogP contribution in [0.15, 0.2) is 30.5 Å². The number of aromatic nitrogens is 1. The van der Waals surface area contributed by atoms with E-state index in [2.05, 4.69) is 0 Å². The Morgan fingerprint density at radius 3 is 2.77 bits per heavy atom. The van der Waals surface area contributed by atoms with Gasteiger partial charge in [-0.2, -0.15) is 4.39 Å². The van der Waals surface area contributed by atoms with Gasteiger partial charge in [0.05, 0.1) is 5.52 Å². The molecule has 0 saturated heterocycles. The lowest BCUT2D eigenvalue weighted by molar-refractivity contribution is 0.486. The molecule has 2 heterocycles. The maximum absolute atomic E-state index is 13.2. The van der Waals surface area contributed by atoms with E-state index >= 15 is 0 Å². The monoisotopic (exact) mass is 177 g/mol. The van der Waals surface area contributed by atoms with Crippen LogP contribution in [0.4, 0.5) is 8.78 Å². The molecule has 2 aromatic heterocycles. The summed E-state index contributed by atoms with van der Waals surface area (Å²) >= 11 is 0. The van der Waals surface area contributed by atoms with Gasteiger partial charge in [-0.25, -0.2) is 4.39 Å². The Hall–Kier alpha value is -1.64. The lowest BCUT2D eigenvalue weighted by Gasteiger charge is -1.88. The lowest BCUT2D eigenvalue weighted by Crippen LogP contribution is -1.82. The van der Waals surface area contributed by atoms with Gasteiger partial charge in [-0.05, 0) is 12.1 Å². The Kier molecular flexibility index (Phi) is 1.05.